The maximum atomic E-state index is 14.0. The third kappa shape index (κ3) is 4.98. The lowest BCUT2D eigenvalue weighted by molar-refractivity contribution is -0.138. The van der Waals surface area contributed by atoms with Gasteiger partial charge in [-0.3, -0.25) is 4.79 Å². The number of hydrogen-bond donors (Lipinski definition) is 1. The van der Waals surface area contributed by atoms with Crippen molar-refractivity contribution < 1.29 is 19.0 Å². The summed E-state index contributed by atoms with van der Waals surface area (Å²) in [4.78, 5) is 16.0. The number of fused-ring (bicyclic) bond motifs is 3. The Bertz CT molecular complexity index is 1530. The second-order valence-electron chi connectivity index (χ2n) is 9.92. The smallest absolute Gasteiger partial charge is 0.303 e. The van der Waals surface area contributed by atoms with Crippen LogP contribution in [0.3, 0.4) is 0 Å². The van der Waals surface area contributed by atoms with Gasteiger partial charge in [0.05, 0.1) is 22.9 Å². The van der Waals surface area contributed by atoms with E-state index in [-0.39, 0.29) is 22.9 Å². The molecule has 4 aromatic rings. The summed E-state index contributed by atoms with van der Waals surface area (Å²) >= 11 is 1.82. The van der Waals surface area contributed by atoms with Gasteiger partial charge < -0.3 is 9.84 Å². The number of halogens is 1. The molecular formula is C31H26FNO3S. The Labute approximate surface area is 219 Å². The van der Waals surface area contributed by atoms with Crippen LogP contribution in [0.25, 0.3) is 23.1 Å². The molecule has 0 saturated heterocycles. The van der Waals surface area contributed by atoms with Crippen molar-refractivity contribution in [1.82, 2.24) is 4.98 Å². The van der Waals surface area contributed by atoms with E-state index >= 15 is 0 Å². The minimum absolute atomic E-state index is 0.0510. The van der Waals surface area contributed by atoms with E-state index in [0.29, 0.717) is 17.5 Å². The molecule has 6 rings (SSSR count). The van der Waals surface area contributed by atoms with Crippen LogP contribution >= 0.6 is 11.8 Å². The summed E-state index contributed by atoms with van der Waals surface area (Å²) in [6.45, 7) is 0.507. The summed E-state index contributed by atoms with van der Waals surface area (Å²) in [7, 11) is 0. The molecule has 37 heavy (non-hydrogen) atoms. The zero-order valence-corrected chi connectivity index (χ0v) is 21.0. The first-order valence-corrected chi connectivity index (χ1v) is 13.5. The minimum atomic E-state index is -0.722. The fourth-order valence-electron chi connectivity index (χ4n) is 4.97. The Morgan fingerprint density at radius 2 is 1.92 bits per heavy atom. The zero-order valence-electron chi connectivity index (χ0n) is 20.2. The van der Waals surface area contributed by atoms with Crippen LogP contribution in [0.5, 0.6) is 5.75 Å². The van der Waals surface area contributed by atoms with Crippen molar-refractivity contribution >= 4 is 40.8 Å². The molecule has 0 radical (unpaired) electrons. The number of ether oxygens (including phenoxy) is 1. The standard InChI is InChI=1S/C31H26FNO3S/c32-26-6-3-7-27-24(26)12-11-22(33-27)10-8-20-9-13-28-25(16-20)30(23-5-2-1-4-21(23)18-36-28)37-19-31(14-15-31)17-29(34)35/h1-13,16,30H,14-15,17-19H2,(H,34,35). The van der Waals surface area contributed by atoms with Gasteiger partial charge in [0.1, 0.15) is 18.2 Å². The highest BCUT2D eigenvalue weighted by Gasteiger charge is 2.45. The van der Waals surface area contributed by atoms with Crippen molar-refractivity contribution in [2.45, 2.75) is 31.1 Å². The van der Waals surface area contributed by atoms with Crippen molar-refractivity contribution in [1.29, 1.82) is 0 Å². The van der Waals surface area contributed by atoms with Crippen LogP contribution in [0.1, 0.15) is 52.5 Å². The molecule has 3 aromatic carbocycles. The monoisotopic (exact) mass is 511 g/mol. The van der Waals surface area contributed by atoms with Crippen LogP contribution in [0.2, 0.25) is 0 Å². The molecular weight excluding hydrogens is 485 g/mol. The molecule has 4 nitrogen and oxygen atoms in total. The molecule has 6 heteroatoms. The Hall–Kier alpha value is -3.64. The van der Waals surface area contributed by atoms with E-state index in [9.17, 15) is 14.3 Å². The molecule has 1 fully saturated rings. The van der Waals surface area contributed by atoms with Crippen LogP contribution in [0.15, 0.2) is 72.8 Å². The molecule has 2 heterocycles. The number of hydrogen-bond acceptors (Lipinski definition) is 4. The number of pyridine rings is 1. The van der Waals surface area contributed by atoms with Crippen molar-refractivity contribution in [3.05, 3.63) is 107 Å². The average molecular weight is 512 g/mol. The first kappa shape index (κ1) is 23.7. The lowest BCUT2D eigenvalue weighted by atomic mass is 9.98. The third-order valence-corrected chi connectivity index (χ3v) is 8.84. The molecule has 1 unspecified atom stereocenters. The largest absolute Gasteiger partial charge is 0.489 e. The van der Waals surface area contributed by atoms with Gasteiger partial charge >= 0.3 is 5.97 Å². The molecule has 1 atom stereocenters. The maximum absolute atomic E-state index is 14.0. The van der Waals surface area contributed by atoms with Gasteiger partial charge in [-0.1, -0.05) is 42.5 Å². The van der Waals surface area contributed by atoms with Crippen LogP contribution in [0.4, 0.5) is 4.39 Å². The fraction of sp³-hybridized carbons (Fsp3) is 0.226. The lowest BCUT2D eigenvalue weighted by Crippen LogP contribution is -2.12. The van der Waals surface area contributed by atoms with Gasteiger partial charge in [-0.2, -0.15) is 0 Å². The van der Waals surface area contributed by atoms with Crippen LogP contribution in [-0.4, -0.2) is 21.8 Å². The van der Waals surface area contributed by atoms with Crippen LogP contribution in [0, 0.1) is 11.2 Å². The van der Waals surface area contributed by atoms with E-state index < -0.39 is 5.97 Å². The number of rotatable bonds is 7. The summed E-state index contributed by atoms with van der Waals surface area (Å²) in [5, 5.41) is 9.95. The second kappa shape index (κ2) is 9.67. The number of benzene rings is 3. The lowest BCUT2D eigenvalue weighted by Gasteiger charge is -2.22. The number of aliphatic carboxylic acids is 1. The number of carbonyl (C=O) groups is 1. The van der Waals surface area contributed by atoms with E-state index in [1.807, 2.05) is 54.2 Å². The number of carboxylic acids is 1. The topological polar surface area (TPSA) is 59.4 Å². The van der Waals surface area contributed by atoms with Crippen molar-refractivity contribution in [2.24, 2.45) is 5.41 Å². The Morgan fingerprint density at radius 3 is 2.76 bits per heavy atom. The first-order chi connectivity index (χ1) is 18.0. The minimum Gasteiger partial charge on any atom is -0.489 e. The van der Waals surface area contributed by atoms with Gasteiger partial charge in [0, 0.05) is 16.7 Å². The molecule has 1 aromatic heterocycles. The summed E-state index contributed by atoms with van der Waals surface area (Å²) in [6, 6.07) is 23.0. The van der Waals surface area contributed by atoms with Gasteiger partial charge in [-0.25, -0.2) is 9.37 Å². The van der Waals surface area contributed by atoms with Gasteiger partial charge in [0.25, 0.3) is 0 Å². The summed E-state index contributed by atoms with van der Waals surface area (Å²) in [6.07, 6.45) is 6.11. The number of carboxylic acid groups (broad SMARTS) is 1. The Kier molecular flexibility index (Phi) is 6.21. The number of thioether (sulfide) groups is 1. The third-order valence-electron chi connectivity index (χ3n) is 7.22. The summed E-state index contributed by atoms with van der Waals surface area (Å²) < 4.78 is 20.2. The molecule has 186 valence electrons. The predicted octanol–water partition coefficient (Wildman–Crippen LogP) is 7.51. The molecule has 0 bridgehead atoms. The molecule has 1 saturated carbocycles. The van der Waals surface area contributed by atoms with Crippen molar-refractivity contribution in [3.8, 4) is 5.75 Å². The number of nitrogens with zero attached hydrogens (tertiary/aromatic N) is 1. The highest BCUT2D eigenvalue weighted by atomic mass is 32.2. The highest BCUT2D eigenvalue weighted by Crippen LogP contribution is 2.55. The number of aromatic nitrogens is 1. The quantitative estimate of drug-likeness (QED) is 0.278. The molecule has 2 aliphatic rings. The van der Waals surface area contributed by atoms with Gasteiger partial charge in [-0.15, -0.1) is 11.8 Å². The Balaban J connectivity index is 1.32. The zero-order chi connectivity index (χ0) is 25.4. The van der Waals surface area contributed by atoms with Gasteiger partial charge in [-0.05, 0) is 77.4 Å². The molecule has 0 spiro atoms. The SMILES string of the molecule is O=C(O)CC1(CSC2c3ccccc3COc3ccc(C=Cc4ccc5c(F)cccc5n4)cc32)CC1. The van der Waals surface area contributed by atoms with E-state index in [1.54, 1.807) is 12.1 Å². The van der Waals surface area contributed by atoms with E-state index in [1.165, 1.54) is 11.6 Å². The molecule has 1 aliphatic carbocycles. The normalized spacial score (nSPS) is 17.6. The van der Waals surface area contributed by atoms with Crippen molar-refractivity contribution in [2.75, 3.05) is 5.75 Å². The van der Waals surface area contributed by atoms with Crippen LogP contribution < -0.4 is 4.74 Å². The van der Waals surface area contributed by atoms with Crippen molar-refractivity contribution in [3.63, 3.8) is 0 Å². The highest BCUT2D eigenvalue weighted by molar-refractivity contribution is 7.99. The average Bonchev–Trinajstić information content (AvgIpc) is 3.68. The maximum Gasteiger partial charge on any atom is 0.303 e. The predicted molar refractivity (Wildman–Crippen MR) is 146 cm³/mol. The fourth-order valence-corrected chi connectivity index (χ4v) is 6.65. The van der Waals surface area contributed by atoms with E-state index in [0.717, 1.165) is 46.7 Å². The van der Waals surface area contributed by atoms with Crippen LogP contribution in [-0.2, 0) is 11.4 Å². The molecule has 1 aliphatic heterocycles. The molecule has 1 N–H and O–H groups in total. The van der Waals surface area contributed by atoms with E-state index in [2.05, 4.69) is 29.2 Å². The second-order valence-corrected chi connectivity index (χ2v) is 11.0. The van der Waals surface area contributed by atoms with E-state index in [4.69, 9.17) is 4.74 Å². The first-order valence-electron chi connectivity index (χ1n) is 12.4. The summed E-state index contributed by atoms with van der Waals surface area (Å²) in [5.41, 5.74) is 5.76. The van der Waals surface area contributed by atoms with Gasteiger partial charge in [0.2, 0.25) is 0 Å². The molecule has 0 amide bonds. The summed E-state index contributed by atoms with van der Waals surface area (Å²) in [5.74, 6) is 0.662. The Morgan fingerprint density at radius 1 is 1.05 bits per heavy atom. The van der Waals surface area contributed by atoms with Gasteiger partial charge in [0.15, 0.2) is 0 Å².